The van der Waals surface area contributed by atoms with Gasteiger partial charge in [0.2, 0.25) is 0 Å². The zero-order valence-corrected chi connectivity index (χ0v) is 19.7. The van der Waals surface area contributed by atoms with Crippen LogP contribution in [0, 0.1) is 5.16 Å². The lowest BCUT2D eigenvalue weighted by atomic mass is 9.59. The third-order valence-corrected chi connectivity index (χ3v) is 6.46. The van der Waals surface area contributed by atoms with Crippen LogP contribution in [0.4, 0.5) is 0 Å². The topological polar surface area (TPSA) is 86.1 Å². The van der Waals surface area contributed by atoms with Crippen LogP contribution >= 0.6 is 8.17 Å². The van der Waals surface area contributed by atoms with Crippen molar-refractivity contribution in [1.82, 2.24) is 9.94 Å². The summed E-state index contributed by atoms with van der Waals surface area (Å²) in [5, 5.41) is 10.8. The number of hydrogen-bond acceptors (Lipinski definition) is 4. The molecule has 33 heavy (non-hydrogen) atoms. The van der Waals surface area contributed by atoms with E-state index in [1.165, 1.54) is 12.0 Å². The van der Waals surface area contributed by atoms with Gasteiger partial charge in [-0.15, -0.1) is 0 Å². The SMILES string of the molecule is CCCC(c1[nH]n(OC)c1O[P+](=N)[O-])C(c1ccccc1)(c1ccccc1)c1ccccc1. The fraction of sp³-hybridized carbons (Fsp3) is 0.231. The highest BCUT2D eigenvalue weighted by Crippen LogP contribution is 2.53. The number of nitrogens with zero attached hydrogens (tertiary/aromatic N) is 1. The average molecular weight is 462 g/mol. The van der Waals surface area contributed by atoms with E-state index in [-0.39, 0.29) is 5.92 Å². The number of nitrogens with one attached hydrogen (secondary N) is 2. The molecule has 0 spiro atoms. The summed E-state index contributed by atoms with van der Waals surface area (Å²) in [5.74, 6) is 0.185. The summed E-state index contributed by atoms with van der Waals surface area (Å²) in [5.41, 5.74) is 3.62. The average Bonchev–Trinajstić information content (AvgIpc) is 2.85. The second kappa shape index (κ2) is 10.1. The van der Waals surface area contributed by atoms with E-state index in [4.69, 9.17) is 14.5 Å². The molecule has 170 valence electrons. The minimum atomic E-state index is -2.61. The highest BCUT2D eigenvalue weighted by molar-refractivity contribution is 7.32. The highest BCUT2D eigenvalue weighted by atomic mass is 31.1. The minimum Gasteiger partial charge on any atom is -0.576 e. The van der Waals surface area contributed by atoms with Crippen molar-refractivity contribution in [3.8, 4) is 5.88 Å². The smallest absolute Gasteiger partial charge is 0.394 e. The van der Waals surface area contributed by atoms with Gasteiger partial charge in [0.1, 0.15) is 12.8 Å². The Bertz CT molecular complexity index is 1080. The maximum Gasteiger partial charge on any atom is 0.394 e. The molecule has 0 aliphatic heterocycles. The Hall–Kier alpha value is -3.34. The molecule has 0 aliphatic rings. The molecule has 0 bridgehead atoms. The first-order valence-corrected chi connectivity index (χ1v) is 12.2. The summed E-state index contributed by atoms with van der Waals surface area (Å²) >= 11 is 0. The Kier molecular flexibility index (Phi) is 6.97. The Balaban J connectivity index is 2.06. The molecule has 1 aromatic heterocycles. The molecule has 0 amide bonds. The molecule has 3 aromatic carbocycles. The normalized spacial score (nSPS) is 12.9. The Morgan fingerprint density at radius 3 is 1.73 bits per heavy atom. The van der Waals surface area contributed by atoms with Crippen molar-refractivity contribution < 1.29 is 14.3 Å². The fourth-order valence-electron chi connectivity index (χ4n) is 4.86. The van der Waals surface area contributed by atoms with E-state index in [1.54, 1.807) is 0 Å². The lowest BCUT2D eigenvalue weighted by Gasteiger charge is -2.43. The van der Waals surface area contributed by atoms with Crippen LogP contribution in [0.2, 0.25) is 0 Å². The Morgan fingerprint density at radius 2 is 1.36 bits per heavy atom. The number of H-pyrrole nitrogens is 1. The molecule has 2 N–H and O–H groups in total. The summed E-state index contributed by atoms with van der Waals surface area (Å²) in [4.78, 5) is 18.4. The van der Waals surface area contributed by atoms with Crippen LogP contribution in [-0.4, -0.2) is 17.1 Å². The van der Waals surface area contributed by atoms with Gasteiger partial charge in [0.25, 0.3) is 0 Å². The summed E-state index contributed by atoms with van der Waals surface area (Å²) in [6.45, 7) is 2.15. The van der Waals surface area contributed by atoms with Crippen LogP contribution in [0.25, 0.3) is 0 Å². The lowest BCUT2D eigenvalue weighted by Crippen LogP contribution is -2.39. The van der Waals surface area contributed by atoms with E-state index in [2.05, 4.69) is 84.8 Å². The van der Waals surface area contributed by atoms with Gasteiger partial charge in [-0.2, -0.15) is 0 Å². The van der Waals surface area contributed by atoms with Gasteiger partial charge in [-0.1, -0.05) is 114 Å². The molecule has 0 fully saturated rings. The van der Waals surface area contributed by atoms with E-state index in [0.717, 1.165) is 35.2 Å². The quantitative estimate of drug-likeness (QED) is 0.238. The van der Waals surface area contributed by atoms with Crippen LogP contribution in [-0.2, 0) is 5.41 Å². The molecule has 0 radical (unpaired) electrons. The second-order valence-electron chi connectivity index (χ2n) is 7.90. The predicted octanol–water partition coefficient (Wildman–Crippen LogP) is 5.61. The standard InChI is InChI=1S/C26H28N3O3P/c1-3-13-23(24-25(32-33(27)30)29(28-24)31-2)26(20-14-7-4-8-15-20,21-16-9-5-10-17-21)22-18-11-6-12-19-22/h4-12,14-19,23,27-28H,3,13H2,1-2H3. The summed E-state index contributed by atoms with van der Waals surface area (Å²) in [7, 11) is -1.11. The van der Waals surface area contributed by atoms with Crippen molar-refractivity contribution in [2.24, 2.45) is 0 Å². The summed E-state index contributed by atoms with van der Waals surface area (Å²) in [6.07, 6.45) is 1.73. The first kappa shape index (κ1) is 22.8. The minimum absolute atomic E-state index is 0.106. The molecule has 4 rings (SSSR count). The molecule has 0 aliphatic carbocycles. The zero-order valence-electron chi connectivity index (χ0n) is 18.8. The van der Waals surface area contributed by atoms with E-state index in [1.807, 2.05) is 18.2 Å². The maximum absolute atomic E-state index is 11.7. The molecule has 1 heterocycles. The van der Waals surface area contributed by atoms with Gasteiger partial charge in [-0.05, 0) is 23.1 Å². The second-order valence-corrected chi connectivity index (χ2v) is 8.60. The predicted molar refractivity (Wildman–Crippen MR) is 128 cm³/mol. The molecule has 2 unspecified atom stereocenters. The number of hydrogen-bond donors (Lipinski definition) is 2. The van der Waals surface area contributed by atoms with Crippen molar-refractivity contribution in [1.29, 1.82) is 5.16 Å². The Morgan fingerprint density at radius 1 is 0.909 bits per heavy atom. The lowest BCUT2D eigenvalue weighted by molar-refractivity contribution is -0.170. The molecule has 7 heteroatoms. The van der Waals surface area contributed by atoms with E-state index in [9.17, 15) is 4.89 Å². The maximum atomic E-state index is 11.7. The molecule has 0 saturated heterocycles. The van der Waals surface area contributed by atoms with Crippen LogP contribution in [0.15, 0.2) is 91.0 Å². The van der Waals surface area contributed by atoms with Crippen molar-refractivity contribution in [2.45, 2.75) is 31.1 Å². The largest absolute Gasteiger partial charge is 0.576 e. The number of benzene rings is 3. The van der Waals surface area contributed by atoms with E-state index >= 15 is 0 Å². The summed E-state index contributed by atoms with van der Waals surface area (Å²) < 4.78 is 5.43. The van der Waals surface area contributed by atoms with Gasteiger partial charge >= 0.3 is 14.0 Å². The van der Waals surface area contributed by atoms with Gasteiger partial charge in [-0.25, -0.2) is 4.52 Å². The molecule has 0 saturated carbocycles. The van der Waals surface area contributed by atoms with Gasteiger partial charge in [0.05, 0.1) is 5.41 Å². The zero-order chi connectivity index (χ0) is 23.3. The van der Waals surface area contributed by atoms with Crippen LogP contribution in [0.1, 0.15) is 48.1 Å². The van der Waals surface area contributed by atoms with Crippen LogP contribution in [0.5, 0.6) is 5.88 Å². The van der Waals surface area contributed by atoms with Crippen molar-refractivity contribution >= 4 is 8.17 Å². The number of aromatic nitrogens is 2. The van der Waals surface area contributed by atoms with E-state index in [0.29, 0.717) is 5.88 Å². The molecular formula is C26H28N3O3P. The van der Waals surface area contributed by atoms with Crippen molar-refractivity contribution in [3.63, 3.8) is 0 Å². The molecular weight excluding hydrogens is 433 g/mol. The molecule has 4 aromatic rings. The third kappa shape index (κ3) is 4.20. The fourth-order valence-corrected chi connectivity index (χ4v) is 5.19. The van der Waals surface area contributed by atoms with E-state index < -0.39 is 13.6 Å². The number of rotatable bonds is 10. The molecule has 2 atom stereocenters. The van der Waals surface area contributed by atoms with Crippen molar-refractivity contribution in [2.75, 3.05) is 7.11 Å². The third-order valence-electron chi connectivity index (χ3n) is 6.12. The first-order chi connectivity index (χ1) is 16.1. The van der Waals surface area contributed by atoms with Gasteiger partial charge in [-0.3, -0.25) is 5.10 Å². The van der Waals surface area contributed by atoms with Crippen molar-refractivity contribution in [3.05, 3.63) is 113 Å². The van der Waals surface area contributed by atoms with Crippen LogP contribution in [0.3, 0.4) is 0 Å². The Labute approximate surface area is 195 Å². The first-order valence-electron chi connectivity index (χ1n) is 11.0. The van der Waals surface area contributed by atoms with Gasteiger partial charge in [0, 0.05) is 5.92 Å². The monoisotopic (exact) mass is 461 g/mol. The summed E-state index contributed by atoms with van der Waals surface area (Å²) in [6, 6.07) is 31.3. The van der Waals surface area contributed by atoms with Gasteiger partial charge < -0.3 is 9.73 Å². The molecule has 6 nitrogen and oxygen atoms in total. The van der Waals surface area contributed by atoms with Crippen LogP contribution < -0.4 is 14.3 Å². The highest BCUT2D eigenvalue weighted by Gasteiger charge is 2.47. The van der Waals surface area contributed by atoms with Gasteiger partial charge in [0.15, 0.2) is 0 Å². The number of aromatic amines is 1.